The molecule has 4 atom stereocenters. The summed E-state index contributed by atoms with van der Waals surface area (Å²) in [5.74, 6) is 0.772. The summed E-state index contributed by atoms with van der Waals surface area (Å²) in [6.07, 6.45) is 5.85. The van der Waals surface area contributed by atoms with Crippen molar-refractivity contribution in [3.8, 4) is 0 Å². The SMILES string of the molecule is CC(C)(C)NC(N)=NCCCN1C(=O)C2C3C=CC(C3)C2C1=O.I. The smallest absolute Gasteiger partial charge is 0.233 e. The Kier molecular flexibility index (Phi) is 5.61. The molecule has 2 fully saturated rings. The first-order valence-corrected chi connectivity index (χ1v) is 8.39. The number of likely N-dealkylation sites (tertiary alicyclic amines) is 1. The second-order valence-corrected chi connectivity index (χ2v) is 7.82. The van der Waals surface area contributed by atoms with Gasteiger partial charge in [0.15, 0.2) is 5.96 Å². The van der Waals surface area contributed by atoms with E-state index in [2.05, 4.69) is 22.5 Å². The van der Waals surface area contributed by atoms with Crippen LogP contribution in [0.25, 0.3) is 0 Å². The summed E-state index contributed by atoms with van der Waals surface area (Å²) in [6.45, 7) is 6.98. The quantitative estimate of drug-likeness (QED) is 0.171. The van der Waals surface area contributed by atoms with Gasteiger partial charge in [-0.1, -0.05) is 12.2 Å². The van der Waals surface area contributed by atoms with Gasteiger partial charge in [0.2, 0.25) is 11.8 Å². The van der Waals surface area contributed by atoms with Gasteiger partial charge in [-0.25, -0.2) is 0 Å². The molecule has 7 heteroatoms. The molecule has 0 aromatic carbocycles. The molecule has 0 aromatic heterocycles. The fraction of sp³-hybridized carbons (Fsp3) is 0.706. The number of amides is 2. The van der Waals surface area contributed by atoms with E-state index in [1.807, 2.05) is 20.8 Å². The van der Waals surface area contributed by atoms with Crippen LogP contribution < -0.4 is 11.1 Å². The van der Waals surface area contributed by atoms with Crippen LogP contribution in [0.5, 0.6) is 0 Å². The average Bonchev–Trinajstić information content (AvgIpc) is 3.09. The number of rotatable bonds is 4. The lowest BCUT2D eigenvalue weighted by molar-refractivity contribution is -0.140. The number of hydrogen-bond donors (Lipinski definition) is 2. The number of imide groups is 1. The van der Waals surface area contributed by atoms with Crippen molar-refractivity contribution in [2.45, 2.75) is 39.2 Å². The van der Waals surface area contributed by atoms with E-state index >= 15 is 0 Å². The molecule has 1 saturated carbocycles. The number of guanidine groups is 1. The lowest BCUT2D eigenvalue weighted by atomic mass is 9.85. The molecular weight excluding hydrogens is 419 g/mol. The molecule has 24 heavy (non-hydrogen) atoms. The van der Waals surface area contributed by atoms with Gasteiger partial charge < -0.3 is 11.1 Å². The number of hydrogen-bond acceptors (Lipinski definition) is 3. The number of carbonyl (C=O) groups excluding carboxylic acids is 2. The van der Waals surface area contributed by atoms with Crippen molar-refractivity contribution in [1.82, 2.24) is 10.2 Å². The van der Waals surface area contributed by atoms with Crippen molar-refractivity contribution in [3.05, 3.63) is 12.2 Å². The summed E-state index contributed by atoms with van der Waals surface area (Å²) >= 11 is 0. The predicted molar refractivity (Wildman–Crippen MR) is 104 cm³/mol. The van der Waals surface area contributed by atoms with Crippen LogP contribution in [0.15, 0.2) is 17.1 Å². The van der Waals surface area contributed by atoms with Gasteiger partial charge in [0.05, 0.1) is 11.8 Å². The van der Waals surface area contributed by atoms with Crippen LogP contribution in [0.2, 0.25) is 0 Å². The molecule has 3 aliphatic rings. The van der Waals surface area contributed by atoms with Gasteiger partial charge in [-0.2, -0.15) is 0 Å². The van der Waals surface area contributed by atoms with Crippen molar-refractivity contribution >= 4 is 41.8 Å². The second-order valence-electron chi connectivity index (χ2n) is 7.82. The van der Waals surface area contributed by atoms with Crippen molar-refractivity contribution in [1.29, 1.82) is 0 Å². The van der Waals surface area contributed by atoms with Crippen molar-refractivity contribution < 1.29 is 9.59 Å². The molecule has 0 radical (unpaired) electrons. The lowest BCUT2D eigenvalue weighted by Crippen LogP contribution is -2.45. The Hall–Kier alpha value is -1.12. The average molecular weight is 446 g/mol. The third kappa shape index (κ3) is 3.60. The molecule has 3 N–H and O–H groups in total. The van der Waals surface area contributed by atoms with Gasteiger partial charge in [0.25, 0.3) is 0 Å². The molecule has 2 aliphatic carbocycles. The summed E-state index contributed by atoms with van der Waals surface area (Å²) in [5, 5.41) is 3.09. The highest BCUT2D eigenvalue weighted by Crippen LogP contribution is 2.52. The molecule has 2 bridgehead atoms. The van der Waals surface area contributed by atoms with Gasteiger partial charge in [-0.05, 0) is 45.4 Å². The van der Waals surface area contributed by atoms with Gasteiger partial charge >= 0.3 is 0 Å². The predicted octanol–water partition coefficient (Wildman–Crippen LogP) is 1.50. The molecule has 2 amide bonds. The maximum atomic E-state index is 12.5. The number of nitrogens with zero attached hydrogens (tertiary/aromatic N) is 2. The van der Waals surface area contributed by atoms with Gasteiger partial charge in [0.1, 0.15) is 0 Å². The summed E-state index contributed by atoms with van der Waals surface area (Å²) in [6, 6.07) is 0. The van der Waals surface area contributed by atoms with E-state index in [1.54, 1.807) is 0 Å². The third-order valence-electron chi connectivity index (χ3n) is 4.89. The van der Waals surface area contributed by atoms with Gasteiger partial charge in [-0.3, -0.25) is 19.5 Å². The first-order chi connectivity index (χ1) is 10.8. The highest BCUT2D eigenvalue weighted by Gasteiger charge is 2.58. The molecule has 6 nitrogen and oxygen atoms in total. The van der Waals surface area contributed by atoms with E-state index in [0.29, 0.717) is 25.5 Å². The fourth-order valence-corrected chi connectivity index (χ4v) is 4.04. The first kappa shape index (κ1) is 19.2. The van der Waals surface area contributed by atoms with Crippen LogP contribution >= 0.6 is 24.0 Å². The molecular formula is C17H27IN4O2. The Balaban J connectivity index is 0.00000208. The number of fused-ring (bicyclic) bond motifs is 5. The molecule has 0 aromatic rings. The molecule has 134 valence electrons. The zero-order valence-electron chi connectivity index (χ0n) is 14.5. The summed E-state index contributed by atoms with van der Waals surface area (Å²) in [7, 11) is 0. The third-order valence-corrected chi connectivity index (χ3v) is 4.89. The number of nitrogens with two attached hydrogens (primary N) is 1. The Morgan fingerprint density at radius 3 is 2.29 bits per heavy atom. The Morgan fingerprint density at radius 2 is 1.79 bits per heavy atom. The minimum absolute atomic E-state index is 0. The van der Waals surface area contributed by atoms with Crippen LogP contribution in [-0.4, -0.2) is 41.3 Å². The Labute approximate surface area is 160 Å². The number of halogens is 1. The zero-order valence-corrected chi connectivity index (χ0v) is 16.8. The highest BCUT2D eigenvalue weighted by atomic mass is 127. The van der Waals surface area contributed by atoms with Crippen LogP contribution in [0.1, 0.15) is 33.6 Å². The maximum absolute atomic E-state index is 12.5. The van der Waals surface area contributed by atoms with Crippen molar-refractivity contribution in [2.75, 3.05) is 13.1 Å². The second kappa shape index (κ2) is 7.01. The van der Waals surface area contributed by atoms with Crippen molar-refractivity contribution in [2.24, 2.45) is 34.4 Å². The van der Waals surface area contributed by atoms with E-state index in [1.165, 1.54) is 4.90 Å². The van der Waals surface area contributed by atoms with Crippen LogP contribution in [-0.2, 0) is 9.59 Å². The topological polar surface area (TPSA) is 87.8 Å². The first-order valence-electron chi connectivity index (χ1n) is 8.39. The van der Waals surface area contributed by atoms with Crippen LogP contribution in [0, 0.1) is 23.7 Å². The van der Waals surface area contributed by atoms with Gasteiger partial charge in [0, 0.05) is 18.6 Å². The molecule has 0 spiro atoms. The minimum Gasteiger partial charge on any atom is -0.370 e. The number of allylic oxidation sites excluding steroid dienone is 2. The van der Waals surface area contributed by atoms with E-state index in [-0.39, 0.29) is 65.0 Å². The normalized spacial score (nSPS) is 31.5. The lowest BCUT2D eigenvalue weighted by Gasteiger charge is -2.21. The summed E-state index contributed by atoms with van der Waals surface area (Å²) in [5.41, 5.74) is 5.68. The van der Waals surface area contributed by atoms with E-state index in [0.717, 1.165) is 6.42 Å². The summed E-state index contributed by atoms with van der Waals surface area (Å²) < 4.78 is 0. The van der Waals surface area contributed by atoms with Gasteiger partial charge in [-0.15, -0.1) is 24.0 Å². The molecule has 3 rings (SSSR count). The highest BCUT2D eigenvalue weighted by molar-refractivity contribution is 14.0. The van der Waals surface area contributed by atoms with Crippen molar-refractivity contribution in [3.63, 3.8) is 0 Å². The summed E-state index contributed by atoms with van der Waals surface area (Å²) in [4.78, 5) is 30.7. The molecule has 1 saturated heterocycles. The molecule has 1 heterocycles. The largest absolute Gasteiger partial charge is 0.370 e. The van der Waals surface area contributed by atoms with E-state index in [9.17, 15) is 9.59 Å². The van der Waals surface area contributed by atoms with E-state index < -0.39 is 0 Å². The number of carbonyl (C=O) groups is 2. The Morgan fingerprint density at radius 1 is 1.25 bits per heavy atom. The monoisotopic (exact) mass is 446 g/mol. The fourth-order valence-electron chi connectivity index (χ4n) is 4.04. The van der Waals surface area contributed by atoms with E-state index in [4.69, 9.17) is 5.73 Å². The Bertz CT molecular complexity index is 552. The zero-order chi connectivity index (χ0) is 16.8. The molecule has 4 unspecified atom stereocenters. The van der Waals surface area contributed by atoms with Crippen LogP contribution in [0.3, 0.4) is 0 Å². The number of nitrogens with one attached hydrogen (secondary N) is 1. The standard InChI is InChI=1S/C17H26N4O2.HI/c1-17(2,3)20-16(18)19-7-4-8-21-14(22)12-10-5-6-11(9-10)13(12)15(21)23;/h5-6,10-13H,4,7-9H2,1-3H3,(H3,18,19,20);1H. The van der Waals surface area contributed by atoms with Crippen LogP contribution in [0.4, 0.5) is 0 Å². The number of aliphatic imine (C=N–C) groups is 1. The maximum Gasteiger partial charge on any atom is 0.233 e. The minimum atomic E-state index is -0.127. The molecule has 1 aliphatic heterocycles.